The van der Waals surface area contributed by atoms with Gasteiger partial charge in [0.2, 0.25) is 5.91 Å². The van der Waals surface area contributed by atoms with E-state index in [1.807, 2.05) is 54.6 Å². The predicted octanol–water partition coefficient (Wildman–Crippen LogP) is 2.90. The zero-order valence-electron chi connectivity index (χ0n) is 15.7. The number of aromatic amines is 1. The first-order chi connectivity index (χ1) is 13.6. The van der Waals surface area contributed by atoms with Gasteiger partial charge in [0.25, 0.3) is 0 Å². The highest BCUT2D eigenvalue weighted by atomic mass is 16.5. The molecule has 1 fully saturated rings. The molecule has 1 aromatic heterocycles. The number of allylic oxidation sites excluding steroid dienone is 1. The molecule has 1 heterocycles. The van der Waals surface area contributed by atoms with Gasteiger partial charge < -0.3 is 15.2 Å². The van der Waals surface area contributed by atoms with Crippen LogP contribution in [0.25, 0.3) is 17.0 Å². The van der Waals surface area contributed by atoms with E-state index in [0.29, 0.717) is 13.0 Å². The van der Waals surface area contributed by atoms with Gasteiger partial charge in [0, 0.05) is 11.9 Å². The summed E-state index contributed by atoms with van der Waals surface area (Å²) in [6, 6.07) is 13.6. The SMILES string of the molecule is COc1cccc(CNC(=O)C2(CO)CC2C=Cc2ccc3[nH]ncc3c2)c1. The van der Waals surface area contributed by atoms with E-state index in [-0.39, 0.29) is 18.4 Å². The van der Waals surface area contributed by atoms with Crippen LogP contribution in [-0.4, -0.2) is 34.9 Å². The van der Waals surface area contributed by atoms with Crippen LogP contribution in [0.1, 0.15) is 17.5 Å². The average Bonchev–Trinajstić information content (AvgIpc) is 3.27. The molecule has 0 bridgehead atoms. The van der Waals surface area contributed by atoms with E-state index >= 15 is 0 Å². The van der Waals surface area contributed by atoms with Gasteiger partial charge in [-0.15, -0.1) is 0 Å². The second-order valence-corrected chi connectivity index (χ2v) is 7.23. The van der Waals surface area contributed by atoms with Crippen molar-refractivity contribution >= 4 is 22.9 Å². The van der Waals surface area contributed by atoms with Crippen molar-refractivity contribution in [1.82, 2.24) is 15.5 Å². The number of aromatic nitrogens is 2. The Labute approximate surface area is 163 Å². The third-order valence-corrected chi connectivity index (χ3v) is 5.44. The Morgan fingerprint density at radius 3 is 3.11 bits per heavy atom. The van der Waals surface area contributed by atoms with Crippen LogP contribution in [0.4, 0.5) is 0 Å². The molecule has 2 unspecified atom stereocenters. The number of nitrogens with one attached hydrogen (secondary N) is 2. The summed E-state index contributed by atoms with van der Waals surface area (Å²) < 4.78 is 5.21. The van der Waals surface area contributed by atoms with E-state index in [0.717, 1.165) is 27.8 Å². The number of fused-ring (bicyclic) bond motifs is 1. The first kappa shape index (κ1) is 18.3. The van der Waals surface area contributed by atoms with Crippen molar-refractivity contribution in [3.63, 3.8) is 0 Å². The molecule has 6 heteroatoms. The molecule has 1 aliphatic carbocycles. The highest BCUT2D eigenvalue weighted by molar-refractivity contribution is 5.87. The lowest BCUT2D eigenvalue weighted by Gasteiger charge is -2.14. The lowest BCUT2D eigenvalue weighted by Crippen LogP contribution is -2.35. The third-order valence-electron chi connectivity index (χ3n) is 5.44. The van der Waals surface area contributed by atoms with Crippen molar-refractivity contribution in [2.75, 3.05) is 13.7 Å². The first-order valence-electron chi connectivity index (χ1n) is 9.28. The summed E-state index contributed by atoms with van der Waals surface area (Å²) in [7, 11) is 1.61. The number of carbonyl (C=O) groups is 1. The summed E-state index contributed by atoms with van der Waals surface area (Å²) >= 11 is 0. The molecular weight excluding hydrogens is 354 g/mol. The molecule has 1 amide bonds. The summed E-state index contributed by atoms with van der Waals surface area (Å²) in [4.78, 5) is 12.7. The summed E-state index contributed by atoms with van der Waals surface area (Å²) in [5.74, 6) is 0.672. The molecule has 0 aliphatic heterocycles. The summed E-state index contributed by atoms with van der Waals surface area (Å²) in [5.41, 5.74) is 2.27. The third kappa shape index (κ3) is 3.51. The molecular formula is C22H23N3O3. The molecule has 144 valence electrons. The minimum absolute atomic E-state index is 0.0304. The molecule has 0 radical (unpaired) electrons. The predicted molar refractivity (Wildman–Crippen MR) is 108 cm³/mol. The lowest BCUT2D eigenvalue weighted by molar-refractivity contribution is -0.128. The number of hydrogen-bond donors (Lipinski definition) is 3. The fourth-order valence-electron chi connectivity index (χ4n) is 3.53. The number of aliphatic hydroxyl groups is 1. The molecule has 3 N–H and O–H groups in total. The molecule has 6 nitrogen and oxygen atoms in total. The quantitative estimate of drug-likeness (QED) is 0.591. The highest BCUT2D eigenvalue weighted by Gasteiger charge is 2.58. The standard InChI is InChI=1S/C22H23N3O3/c1-28-19-4-2-3-16(10-19)12-23-21(27)22(14-26)11-18(22)7-5-15-6-8-20-17(9-15)13-24-25-20/h2-10,13,18,26H,11-12,14H2,1H3,(H,23,27)(H,24,25). The molecule has 1 saturated carbocycles. The van der Waals surface area contributed by atoms with Crippen LogP contribution in [-0.2, 0) is 11.3 Å². The van der Waals surface area contributed by atoms with Crippen LogP contribution < -0.4 is 10.1 Å². The Balaban J connectivity index is 1.39. The number of amides is 1. The van der Waals surface area contributed by atoms with Gasteiger partial charge in [0.1, 0.15) is 5.75 Å². The van der Waals surface area contributed by atoms with E-state index in [4.69, 9.17) is 4.74 Å². The van der Waals surface area contributed by atoms with Crippen LogP contribution in [0.15, 0.2) is 54.7 Å². The molecule has 0 spiro atoms. The maximum Gasteiger partial charge on any atom is 0.229 e. The summed E-state index contributed by atoms with van der Waals surface area (Å²) in [6.45, 7) is 0.248. The Bertz CT molecular complexity index is 1030. The van der Waals surface area contributed by atoms with E-state index in [1.165, 1.54) is 0 Å². The van der Waals surface area contributed by atoms with Gasteiger partial charge in [-0.05, 0) is 47.7 Å². The Morgan fingerprint density at radius 1 is 1.39 bits per heavy atom. The smallest absolute Gasteiger partial charge is 0.229 e. The van der Waals surface area contributed by atoms with Gasteiger partial charge >= 0.3 is 0 Å². The van der Waals surface area contributed by atoms with E-state index in [2.05, 4.69) is 15.5 Å². The van der Waals surface area contributed by atoms with Crippen LogP contribution in [0.5, 0.6) is 5.75 Å². The van der Waals surface area contributed by atoms with E-state index < -0.39 is 5.41 Å². The van der Waals surface area contributed by atoms with Crippen LogP contribution in [0.3, 0.4) is 0 Å². The Morgan fingerprint density at radius 2 is 2.29 bits per heavy atom. The zero-order chi connectivity index (χ0) is 19.6. The number of benzene rings is 2. The minimum Gasteiger partial charge on any atom is -0.497 e. The number of H-pyrrole nitrogens is 1. The molecule has 2 aromatic carbocycles. The number of aliphatic hydroxyl groups excluding tert-OH is 1. The second-order valence-electron chi connectivity index (χ2n) is 7.23. The van der Waals surface area contributed by atoms with Crippen molar-refractivity contribution in [2.45, 2.75) is 13.0 Å². The van der Waals surface area contributed by atoms with Crippen molar-refractivity contribution in [1.29, 1.82) is 0 Å². The van der Waals surface area contributed by atoms with Crippen LogP contribution in [0, 0.1) is 11.3 Å². The minimum atomic E-state index is -0.727. The highest BCUT2D eigenvalue weighted by Crippen LogP contribution is 2.53. The number of ether oxygens (including phenoxy) is 1. The van der Waals surface area contributed by atoms with Crippen LogP contribution >= 0.6 is 0 Å². The number of carbonyl (C=O) groups excluding carboxylic acids is 1. The van der Waals surface area contributed by atoms with Crippen molar-refractivity contribution in [2.24, 2.45) is 11.3 Å². The monoisotopic (exact) mass is 377 g/mol. The molecule has 3 aromatic rings. The van der Waals surface area contributed by atoms with Gasteiger partial charge in [-0.3, -0.25) is 9.89 Å². The topological polar surface area (TPSA) is 87.2 Å². The number of hydrogen-bond acceptors (Lipinski definition) is 4. The van der Waals surface area contributed by atoms with Crippen molar-refractivity contribution in [3.05, 3.63) is 65.9 Å². The zero-order valence-corrected chi connectivity index (χ0v) is 15.7. The maximum atomic E-state index is 12.7. The number of methoxy groups -OCH3 is 1. The normalized spacial score (nSPS) is 21.1. The summed E-state index contributed by atoms with van der Waals surface area (Å²) in [5, 5.41) is 20.8. The molecule has 2 atom stereocenters. The van der Waals surface area contributed by atoms with Gasteiger partial charge in [0.05, 0.1) is 30.8 Å². The molecule has 28 heavy (non-hydrogen) atoms. The second kappa shape index (κ2) is 7.48. The molecule has 0 saturated heterocycles. The Hall–Kier alpha value is -3.12. The van der Waals surface area contributed by atoms with Crippen LogP contribution in [0.2, 0.25) is 0 Å². The molecule has 4 rings (SSSR count). The summed E-state index contributed by atoms with van der Waals surface area (Å²) in [6.07, 6.45) is 6.46. The van der Waals surface area contributed by atoms with E-state index in [1.54, 1.807) is 13.3 Å². The average molecular weight is 377 g/mol. The fraction of sp³-hybridized carbons (Fsp3) is 0.273. The largest absolute Gasteiger partial charge is 0.497 e. The first-order valence-corrected chi connectivity index (χ1v) is 9.28. The maximum absolute atomic E-state index is 12.7. The number of nitrogens with zero attached hydrogens (tertiary/aromatic N) is 1. The lowest BCUT2D eigenvalue weighted by atomic mass is 10.0. The number of rotatable bonds is 7. The van der Waals surface area contributed by atoms with Gasteiger partial charge in [-0.2, -0.15) is 5.10 Å². The fourth-order valence-corrected chi connectivity index (χ4v) is 3.53. The van der Waals surface area contributed by atoms with Crippen molar-refractivity contribution in [3.8, 4) is 5.75 Å². The van der Waals surface area contributed by atoms with E-state index in [9.17, 15) is 9.90 Å². The van der Waals surface area contributed by atoms with Gasteiger partial charge in [-0.1, -0.05) is 30.4 Å². The van der Waals surface area contributed by atoms with Crippen molar-refractivity contribution < 1.29 is 14.6 Å². The Kier molecular flexibility index (Phi) is 4.88. The van der Waals surface area contributed by atoms with Gasteiger partial charge in [-0.25, -0.2) is 0 Å². The molecule has 1 aliphatic rings. The van der Waals surface area contributed by atoms with Gasteiger partial charge in [0.15, 0.2) is 0 Å².